The molecule has 5 heterocycles. The molecule has 1 amide bonds. The third kappa shape index (κ3) is 9.59. The van der Waals surface area contributed by atoms with Crippen LogP contribution < -0.4 is 19.7 Å². The molecule has 0 bridgehead atoms. The quantitative estimate of drug-likeness (QED) is 0.0496. The number of carbonyl (C=O) groups is 1. The first-order chi connectivity index (χ1) is 31.6. The minimum atomic E-state index is -4.67. The number of aromatic amines is 1. The summed E-state index contributed by atoms with van der Waals surface area (Å²) >= 11 is 6.58. The van der Waals surface area contributed by atoms with E-state index in [1.54, 1.807) is 37.4 Å². The fourth-order valence-corrected chi connectivity index (χ4v) is 11.5. The van der Waals surface area contributed by atoms with Crippen molar-refractivity contribution in [2.45, 2.75) is 101 Å². The van der Waals surface area contributed by atoms with Crippen molar-refractivity contribution in [1.82, 2.24) is 24.6 Å². The summed E-state index contributed by atoms with van der Waals surface area (Å²) in [5.41, 5.74) is 2.93. The maximum Gasteiger partial charge on any atom is 0.312 e. The zero-order valence-electron chi connectivity index (χ0n) is 37.5. The minimum Gasteiger partial charge on any atom is -0.453 e. The van der Waals surface area contributed by atoms with E-state index in [2.05, 4.69) is 72.9 Å². The van der Waals surface area contributed by atoms with E-state index < -0.39 is 37.0 Å². The van der Waals surface area contributed by atoms with Crippen LogP contribution in [0.15, 0.2) is 78.0 Å². The van der Waals surface area contributed by atoms with E-state index in [0.717, 1.165) is 82.7 Å². The lowest BCUT2D eigenvalue weighted by atomic mass is 9.59. The van der Waals surface area contributed by atoms with Crippen LogP contribution in [0.3, 0.4) is 0 Å². The van der Waals surface area contributed by atoms with Crippen molar-refractivity contribution >= 4 is 55.8 Å². The summed E-state index contributed by atoms with van der Waals surface area (Å²) in [5, 5.41) is 26.2. The van der Waals surface area contributed by atoms with Gasteiger partial charge in [-0.3, -0.25) is 19.8 Å². The van der Waals surface area contributed by atoms with E-state index >= 15 is 0 Å². The number of anilines is 2. The molecule has 0 radical (unpaired) electrons. The summed E-state index contributed by atoms with van der Waals surface area (Å²) in [7, 11) is -4.67. The number of ether oxygens (including phenoxy) is 2. The van der Waals surface area contributed by atoms with Gasteiger partial charge in [0.15, 0.2) is 10.9 Å². The SMILES string of the molecule is CC(C)c1ccccc1[C@@H]1COCCN1C1CC2(CCN(c3ccc(C(=O)NS(=O)(=O)c4cnc(NC[C@H]5CC[C@](C)(O)CC5)c([N+](=O)[O-])c4)c(Oc4cc5cc[nH]c5nc4Cl)c3)CC2)C1. The number of benzene rings is 2. The number of H-pyrrole nitrogens is 1. The van der Waals surface area contributed by atoms with Crippen LogP contribution in [0.1, 0.15) is 106 Å². The molecule has 350 valence electrons. The molecule has 1 atom stereocenters. The van der Waals surface area contributed by atoms with Crippen LogP contribution in [0.25, 0.3) is 11.0 Å². The molecular formula is C48H57ClN8O8S. The number of amides is 1. The van der Waals surface area contributed by atoms with E-state index in [9.17, 15) is 28.4 Å². The topological polar surface area (TPSA) is 205 Å². The molecule has 16 nitrogen and oxygen atoms in total. The zero-order valence-corrected chi connectivity index (χ0v) is 39.0. The van der Waals surface area contributed by atoms with E-state index in [-0.39, 0.29) is 45.4 Å². The molecule has 4 fully saturated rings. The first-order valence-corrected chi connectivity index (χ1v) is 24.7. The van der Waals surface area contributed by atoms with Crippen LogP contribution in [0.5, 0.6) is 11.5 Å². The van der Waals surface area contributed by atoms with E-state index in [1.165, 1.54) is 17.2 Å². The Morgan fingerprint density at radius 3 is 2.56 bits per heavy atom. The van der Waals surface area contributed by atoms with Crippen molar-refractivity contribution in [3.63, 3.8) is 0 Å². The average molecular weight is 942 g/mol. The highest BCUT2D eigenvalue weighted by molar-refractivity contribution is 7.90. The standard InChI is InChI=1S/C48H57ClN8O8S/c1-30(2)36-6-4-5-7-37(36)40-29-64-21-20-56(40)34-25-48(26-34)15-18-55(19-16-48)33-8-9-38(41(23-33)65-42-22-32-12-17-50-44(32)53-43(42)49)46(58)54-66(62,63)35-24-39(57(60)61)45(52-28-35)51-27-31-10-13-47(3,59)14-11-31/h4-9,12,17,22-24,28,30-31,34,40,59H,10-11,13-16,18-21,25-27,29H2,1-3H3,(H,50,53)(H,51,52)(H,54,58)/t31-,40-,47-/m0/s1. The molecule has 66 heavy (non-hydrogen) atoms. The molecule has 4 N–H and O–H groups in total. The lowest BCUT2D eigenvalue weighted by Gasteiger charge is -2.57. The molecule has 2 saturated carbocycles. The summed E-state index contributed by atoms with van der Waals surface area (Å²) < 4.78 is 41.9. The predicted octanol–water partition coefficient (Wildman–Crippen LogP) is 8.73. The van der Waals surface area contributed by atoms with Crippen LogP contribution in [-0.4, -0.2) is 95.2 Å². The fraction of sp³-hybridized carbons (Fsp3) is 0.479. The fourth-order valence-electron chi connectivity index (χ4n) is 10.4. The van der Waals surface area contributed by atoms with Crippen LogP contribution in [0, 0.1) is 21.4 Å². The minimum absolute atomic E-state index is 0.0337. The van der Waals surface area contributed by atoms with Gasteiger partial charge >= 0.3 is 5.69 Å². The van der Waals surface area contributed by atoms with Crippen LogP contribution in [0.2, 0.25) is 5.15 Å². The second-order valence-corrected chi connectivity index (χ2v) is 21.2. The second-order valence-electron chi connectivity index (χ2n) is 19.2. The molecule has 1 spiro atoms. The molecule has 18 heteroatoms. The Labute approximate surface area is 389 Å². The predicted molar refractivity (Wildman–Crippen MR) is 252 cm³/mol. The number of nitro groups is 1. The molecular weight excluding hydrogens is 884 g/mol. The van der Waals surface area contributed by atoms with E-state index in [4.69, 9.17) is 21.1 Å². The number of carbonyl (C=O) groups excluding carboxylic acids is 1. The largest absolute Gasteiger partial charge is 0.453 e. The highest BCUT2D eigenvalue weighted by atomic mass is 35.5. The Bertz CT molecular complexity index is 2720. The molecule has 2 aliphatic heterocycles. The average Bonchev–Trinajstić information content (AvgIpc) is 3.74. The van der Waals surface area contributed by atoms with E-state index in [0.29, 0.717) is 49.0 Å². The van der Waals surface area contributed by atoms with Crippen molar-refractivity contribution in [3.8, 4) is 11.5 Å². The number of pyridine rings is 2. The summed E-state index contributed by atoms with van der Waals surface area (Å²) in [5.74, 6) is -0.312. The van der Waals surface area contributed by atoms with Gasteiger partial charge in [0.2, 0.25) is 5.82 Å². The van der Waals surface area contributed by atoms with Gasteiger partial charge in [-0.2, -0.15) is 0 Å². The maximum atomic E-state index is 14.0. The Morgan fingerprint density at radius 2 is 1.82 bits per heavy atom. The number of halogens is 1. The Morgan fingerprint density at radius 1 is 1.06 bits per heavy atom. The Kier molecular flexibility index (Phi) is 12.8. The molecule has 9 rings (SSSR count). The number of aliphatic hydroxyl groups is 1. The van der Waals surface area contributed by atoms with Gasteiger partial charge in [0.05, 0.1) is 41.5 Å². The number of morpholine rings is 1. The van der Waals surface area contributed by atoms with Crippen molar-refractivity contribution in [2.24, 2.45) is 11.3 Å². The number of hydrogen-bond donors (Lipinski definition) is 4. The first kappa shape index (κ1) is 45.8. The third-order valence-corrected chi connectivity index (χ3v) is 15.9. The van der Waals surface area contributed by atoms with Gasteiger partial charge in [-0.1, -0.05) is 49.7 Å². The van der Waals surface area contributed by atoms with Crippen LogP contribution >= 0.6 is 11.6 Å². The van der Waals surface area contributed by atoms with Gasteiger partial charge in [0.25, 0.3) is 15.9 Å². The molecule has 3 aromatic heterocycles. The third-order valence-electron chi connectivity index (χ3n) is 14.3. The zero-order chi connectivity index (χ0) is 46.4. The number of nitrogens with one attached hydrogen (secondary N) is 3. The van der Waals surface area contributed by atoms with Crippen LogP contribution in [-0.2, 0) is 14.8 Å². The molecule has 2 aromatic carbocycles. The molecule has 2 aliphatic carbocycles. The lowest BCUT2D eigenvalue weighted by Crippen LogP contribution is -2.58. The summed E-state index contributed by atoms with van der Waals surface area (Å²) in [4.78, 5) is 41.3. The highest BCUT2D eigenvalue weighted by Crippen LogP contribution is 2.53. The lowest BCUT2D eigenvalue weighted by molar-refractivity contribution is -0.384. The summed E-state index contributed by atoms with van der Waals surface area (Å²) in [6.07, 6.45) is 9.61. The normalized spacial score (nSPS) is 22.6. The highest BCUT2D eigenvalue weighted by Gasteiger charge is 2.50. The molecule has 4 aliphatic rings. The summed E-state index contributed by atoms with van der Waals surface area (Å²) in [6.45, 7) is 10.6. The molecule has 2 saturated heterocycles. The number of sulfonamides is 1. The van der Waals surface area contributed by atoms with Gasteiger partial charge in [-0.05, 0) is 111 Å². The maximum absolute atomic E-state index is 14.0. The van der Waals surface area contributed by atoms with Gasteiger partial charge in [0.1, 0.15) is 16.3 Å². The van der Waals surface area contributed by atoms with Crippen molar-refractivity contribution in [2.75, 3.05) is 49.6 Å². The second kappa shape index (κ2) is 18.4. The monoisotopic (exact) mass is 940 g/mol. The van der Waals surface area contributed by atoms with Gasteiger partial charge < -0.3 is 29.8 Å². The van der Waals surface area contributed by atoms with Gasteiger partial charge in [0, 0.05) is 61.6 Å². The first-order valence-electron chi connectivity index (χ1n) is 22.9. The van der Waals surface area contributed by atoms with Gasteiger partial charge in [-0.15, -0.1) is 0 Å². The smallest absolute Gasteiger partial charge is 0.312 e. The molecule has 0 unspecified atom stereocenters. The van der Waals surface area contributed by atoms with Crippen LogP contribution in [0.4, 0.5) is 17.2 Å². The number of aromatic nitrogens is 3. The van der Waals surface area contributed by atoms with Gasteiger partial charge in [-0.25, -0.2) is 23.1 Å². The summed E-state index contributed by atoms with van der Waals surface area (Å²) in [6, 6.07) is 18.9. The number of rotatable bonds is 13. The van der Waals surface area contributed by atoms with Crippen molar-refractivity contribution in [3.05, 3.63) is 105 Å². The number of fused-ring (bicyclic) bond motifs is 1. The number of piperidine rings is 1. The molecule has 5 aromatic rings. The Hall–Kier alpha value is -5.33. The van der Waals surface area contributed by atoms with Crippen molar-refractivity contribution in [1.29, 1.82) is 0 Å². The Balaban J connectivity index is 0.910. The van der Waals surface area contributed by atoms with E-state index in [1.807, 2.05) is 0 Å². The number of nitrogens with zero attached hydrogens (tertiary/aromatic N) is 5. The van der Waals surface area contributed by atoms with Crippen molar-refractivity contribution < 1.29 is 32.7 Å². The number of hydrogen-bond acceptors (Lipinski definition) is 13.